The molecule has 0 radical (unpaired) electrons. The fraction of sp³-hybridized carbons (Fsp3) is 0.556. The number of hydrogen-bond acceptors (Lipinski definition) is 2. The zero-order chi connectivity index (χ0) is 7.84. The van der Waals surface area contributed by atoms with Crippen LogP contribution in [0.5, 0.6) is 0 Å². The minimum Gasteiger partial charge on any atom is -0.380 e. The fourth-order valence-corrected chi connectivity index (χ4v) is 3.05. The van der Waals surface area contributed by atoms with Crippen LogP contribution in [0, 0.1) is 6.92 Å². The number of hydrogen-bond donors (Lipinski definition) is 1. The summed E-state index contributed by atoms with van der Waals surface area (Å²) >= 11 is 1.94. The minimum absolute atomic E-state index is 1.30. The van der Waals surface area contributed by atoms with Crippen molar-refractivity contribution in [2.24, 2.45) is 0 Å². The van der Waals surface area contributed by atoms with Crippen LogP contribution in [0.4, 0.5) is 5.00 Å². The van der Waals surface area contributed by atoms with Gasteiger partial charge in [-0.2, -0.15) is 0 Å². The number of fused-ring (bicyclic) bond motifs is 1. The summed E-state index contributed by atoms with van der Waals surface area (Å²) in [5, 5.41) is 4.61. The van der Waals surface area contributed by atoms with Crippen LogP contribution >= 0.6 is 11.3 Å². The topological polar surface area (TPSA) is 12.0 Å². The van der Waals surface area contributed by atoms with Crippen molar-refractivity contribution in [3.05, 3.63) is 16.0 Å². The second kappa shape index (κ2) is 2.52. The van der Waals surface area contributed by atoms with E-state index in [1.165, 1.54) is 29.8 Å². The van der Waals surface area contributed by atoms with Crippen molar-refractivity contribution in [3.8, 4) is 0 Å². The van der Waals surface area contributed by atoms with E-state index in [0.29, 0.717) is 0 Å². The molecule has 0 amide bonds. The molecule has 0 saturated carbocycles. The minimum atomic E-state index is 1.30. The smallest absolute Gasteiger partial charge is 0.0915 e. The molecule has 11 heavy (non-hydrogen) atoms. The van der Waals surface area contributed by atoms with E-state index in [1.807, 2.05) is 18.4 Å². The second-order valence-electron chi connectivity index (χ2n) is 3.06. The average Bonchev–Trinajstić information content (AvgIpc) is 2.53. The fourth-order valence-electron chi connectivity index (χ4n) is 1.80. The second-order valence-corrected chi connectivity index (χ2v) is 4.17. The van der Waals surface area contributed by atoms with E-state index >= 15 is 0 Å². The van der Waals surface area contributed by atoms with Crippen LogP contribution < -0.4 is 5.32 Å². The Balaban J connectivity index is 2.49. The quantitative estimate of drug-likeness (QED) is 0.678. The first-order valence-corrected chi connectivity index (χ1v) is 4.93. The van der Waals surface area contributed by atoms with Crippen LogP contribution in [0.1, 0.15) is 22.4 Å². The largest absolute Gasteiger partial charge is 0.380 e. The third-order valence-corrected chi connectivity index (χ3v) is 3.82. The van der Waals surface area contributed by atoms with Gasteiger partial charge in [0.25, 0.3) is 0 Å². The molecule has 0 spiro atoms. The first-order valence-electron chi connectivity index (χ1n) is 4.12. The molecule has 0 bridgehead atoms. The first-order chi connectivity index (χ1) is 5.33. The molecule has 2 heteroatoms. The molecule has 1 heterocycles. The maximum absolute atomic E-state index is 3.24. The van der Waals surface area contributed by atoms with Gasteiger partial charge in [0.15, 0.2) is 0 Å². The van der Waals surface area contributed by atoms with Crippen LogP contribution in [0.25, 0.3) is 0 Å². The van der Waals surface area contributed by atoms with E-state index in [2.05, 4.69) is 12.2 Å². The summed E-state index contributed by atoms with van der Waals surface area (Å²) in [5.41, 5.74) is 3.12. The Morgan fingerprint density at radius 2 is 2.18 bits per heavy atom. The lowest BCUT2D eigenvalue weighted by molar-refractivity contribution is 0.911. The normalized spacial score (nSPS) is 15.1. The molecule has 0 atom stereocenters. The Morgan fingerprint density at radius 1 is 1.36 bits per heavy atom. The van der Waals surface area contributed by atoms with Gasteiger partial charge in [-0.3, -0.25) is 0 Å². The van der Waals surface area contributed by atoms with E-state index in [1.54, 1.807) is 10.4 Å². The standard InChI is InChI=1S/C9H13NS/c1-6-7-4-3-5-8(7)11-9(6)10-2/h10H,3-5H2,1-2H3. The summed E-state index contributed by atoms with van der Waals surface area (Å²) in [6, 6.07) is 0. The van der Waals surface area contributed by atoms with Gasteiger partial charge in [-0.1, -0.05) is 0 Å². The van der Waals surface area contributed by atoms with E-state index in [4.69, 9.17) is 0 Å². The van der Waals surface area contributed by atoms with Crippen LogP contribution in [-0.4, -0.2) is 7.05 Å². The first kappa shape index (κ1) is 7.17. The predicted octanol–water partition coefficient (Wildman–Crippen LogP) is 2.59. The molecule has 1 nitrogen and oxygen atoms in total. The molecule has 1 N–H and O–H groups in total. The number of anilines is 1. The molecule has 1 aliphatic carbocycles. The van der Waals surface area contributed by atoms with Gasteiger partial charge in [-0.05, 0) is 37.3 Å². The molecule has 0 aliphatic heterocycles. The van der Waals surface area contributed by atoms with Crippen molar-refractivity contribution in [2.45, 2.75) is 26.2 Å². The molecule has 0 aromatic carbocycles. The highest BCUT2D eigenvalue weighted by atomic mass is 32.1. The lowest BCUT2D eigenvalue weighted by atomic mass is 10.2. The molecule has 1 aromatic rings. The lowest BCUT2D eigenvalue weighted by Crippen LogP contribution is -1.87. The van der Waals surface area contributed by atoms with E-state index in [0.717, 1.165) is 0 Å². The van der Waals surface area contributed by atoms with E-state index in [9.17, 15) is 0 Å². The summed E-state index contributed by atoms with van der Waals surface area (Å²) in [4.78, 5) is 1.62. The van der Waals surface area contributed by atoms with E-state index in [-0.39, 0.29) is 0 Å². The molecule has 0 fully saturated rings. The van der Waals surface area contributed by atoms with Crippen molar-refractivity contribution in [3.63, 3.8) is 0 Å². The zero-order valence-electron chi connectivity index (χ0n) is 7.03. The molecule has 60 valence electrons. The molecule has 1 aliphatic rings. The number of rotatable bonds is 1. The highest BCUT2D eigenvalue weighted by molar-refractivity contribution is 7.16. The Bertz CT molecular complexity index is 275. The Labute approximate surface area is 71.4 Å². The zero-order valence-corrected chi connectivity index (χ0v) is 7.85. The molecule has 0 saturated heterocycles. The third kappa shape index (κ3) is 0.968. The number of nitrogens with one attached hydrogen (secondary N) is 1. The Hall–Kier alpha value is -0.500. The van der Waals surface area contributed by atoms with Crippen LogP contribution in [0.2, 0.25) is 0 Å². The average molecular weight is 167 g/mol. The molecular formula is C9H13NS. The van der Waals surface area contributed by atoms with Gasteiger partial charge in [0, 0.05) is 11.9 Å². The van der Waals surface area contributed by atoms with Gasteiger partial charge in [0.1, 0.15) is 0 Å². The lowest BCUT2D eigenvalue weighted by Gasteiger charge is -1.97. The number of thiophene rings is 1. The highest BCUT2D eigenvalue weighted by Gasteiger charge is 2.18. The summed E-state index contributed by atoms with van der Waals surface area (Å²) in [6.45, 7) is 2.23. The third-order valence-electron chi connectivity index (χ3n) is 2.41. The van der Waals surface area contributed by atoms with Gasteiger partial charge in [-0.15, -0.1) is 11.3 Å². The summed E-state index contributed by atoms with van der Waals surface area (Å²) in [7, 11) is 2.01. The predicted molar refractivity (Wildman–Crippen MR) is 50.6 cm³/mol. The maximum Gasteiger partial charge on any atom is 0.0915 e. The van der Waals surface area contributed by atoms with Gasteiger partial charge in [0.2, 0.25) is 0 Å². The number of aryl methyl sites for hydroxylation is 1. The Kier molecular flexibility index (Phi) is 1.64. The van der Waals surface area contributed by atoms with Crippen LogP contribution in [-0.2, 0) is 12.8 Å². The van der Waals surface area contributed by atoms with Crippen LogP contribution in [0.3, 0.4) is 0 Å². The molecule has 0 unspecified atom stereocenters. The van der Waals surface area contributed by atoms with Gasteiger partial charge in [-0.25, -0.2) is 0 Å². The van der Waals surface area contributed by atoms with Crippen molar-refractivity contribution >= 4 is 16.3 Å². The summed E-state index contributed by atoms with van der Waals surface area (Å²) in [6.07, 6.45) is 3.98. The van der Waals surface area contributed by atoms with Crippen molar-refractivity contribution in [2.75, 3.05) is 12.4 Å². The summed E-state index contributed by atoms with van der Waals surface area (Å²) < 4.78 is 0. The van der Waals surface area contributed by atoms with Gasteiger partial charge < -0.3 is 5.32 Å². The summed E-state index contributed by atoms with van der Waals surface area (Å²) in [5.74, 6) is 0. The molecule has 2 rings (SSSR count). The molecular weight excluding hydrogens is 154 g/mol. The highest BCUT2D eigenvalue weighted by Crippen LogP contribution is 2.37. The van der Waals surface area contributed by atoms with Gasteiger partial charge in [0.05, 0.1) is 5.00 Å². The van der Waals surface area contributed by atoms with E-state index < -0.39 is 0 Å². The van der Waals surface area contributed by atoms with Crippen molar-refractivity contribution in [1.82, 2.24) is 0 Å². The molecule has 1 aromatic heterocycles. The SMILES string of the molecule is CNc1sc2c(c1C)CCC2. The monoisotopic (exact) mass is 167 g/mol. The maximum atomic E-state index is 3.24. The van der Waals surface area contributed by atoms with Crippen molar-refractivity contribution in [1.29, 1.82) is 0 Å². The van der Waals surface area contributed by atoms with Crippen molar-refractivity contribution < 1.29 is 0 Å². The Morgan fingerprint density at radius 3 is 2.82 bits per heavy atom. The van der Waals surface area contributed by atoms with Gasteiger partial charge >= 0.3 is 0 Å². The van der Waals surface area contributed by atoms with Crippen LogP contribution in [0.15, 0.2) is 0 Å².